The second-order valence-electron chi connectivity index (χ2n) is 9.59. The first-order valence-electron chi connectivity index (χ1n) is 12.0. The number of amides is 1. The summed E-state index contributed by atoms with van der Waals surface area (Å²) in [5.74, 6) is -1.56. The highest BCUT2D eigenvalue weighted by atomic mass is 19.4. The van der Waals surface area contributed by atoms with E-state index in [1.54, 1.807) is 18.5 Å². The van der Waals surface area contributed by atoms with Crippen LogP contribution in [0.1, 0.15) is 19.4 Å². The molecule has 0 aliphatic rings. The molecular weight excluding hydrogens is 528 g/mol. The first kappa shape index (κ1) is 28.2. The van der Waals surface area contributed by atoms with Crippen molar-refractivity contribution >= 4 is 34.2 Å². The summed E-state index contributed by atoms with van der Waals surface area (Å²) in [7, 11) is 0. The first-order valence-corrected chi connectivity index (χ1v) is 12.0. The van der Waals surface area contributed by atoms with Crippen molar-refractivity contribution in [3.63, 3.8) is 0 Å². The minimum atomic E-state index is -5.03. The number of fused-ring (bicyclic) bond motifs is 1. The molecule has 0 saturated carbocycles. The van der Waals surface area contributed by atoms with Gasteiger partial charge in [-0.05, 0) is 45.0 Å². The van der Waals surface area contributed by atoms with Gasteiger partial charge in [0.25, 0.3) is 5.91 Å². The van der Waals surface area contributed by atoms with Crippen molar-refractivity contribution in [1.82, 2.24) is 25.1 Å². The van der Waals surface area contributed by atoms with Gasteiger partial charge in [-0.25, -0.2) is 24.0 Å². The molecular formula is C27H26F4N8O. The SMILES string of the molecule is Cc1ccc(-c2nn(C(C)(C)CNC(=O)C(=CN)C(=Nc3ccc(F)cc3)C(F)(F)F)c3ncnc(N)c23)cc1. The van der Waals surface area contributed by atoms with Crippen molar-refractivity contribution in [2.24, 2.45) is 10.7 Å². The van der Waals surface area contributed by atoms with Gasteiger partial charge in [-0.1, -0.05) is 29.8 Å². The van der Waals surface area contributed by atoms with E-state index in [4.69, 9.17) is 16.6 Å². The predicted molar refractivity (Wildman–Crippen MR) is 144 cm³/mol. The number of aromatic nitrogens is 4. The average molecular weight is 555 g/mol. The van der Waals surface area contributed by atoms with Crippen molar-refractivity contribution in [3.8, 4) is 11.3 Å². The molecule has 2 heterocycles. The Labute approximate surface area is 226 Å². The van der Waals surface area contributed by atoms with Gasteiger partial charge in [0.05, 0.1) is 22.2 Å². The van der Waals surface area contributed by atoms with Crippen molar-refractivity contribution < 1.29 is 22.4 Å². The van der Waals surface area contributed by atoms with Gasteiger partial charge < -0.3 is 16.8 Å². The van der Waals surface area contributed by atoms with Crippen LogP contribution in [0.5, 0.6) is 0 Å². The molecule has 0 radical (unpaired) electrons. The molecule has 0 unspecified atom stereocenters. The number of halogens is 4. The van der Waals surface area contributed by atoms with Crippen molar-refractivity contribution in [1.29, 1.82) is 0 Å². The molecule has 208 valence electrons. The van der Waals surface area contributed by atoms with E-state index in [2.05, 4.69) is 20.3 Å². The van der Waals surface area contributed by atoms with E-state index in [0.29, 0.717) is 22.9 Å². The molecule has 40 heavy (non-hydrogen) atoms. The molecule has 0 aliphatic heterocycles. The van der Waals surface area contributed by atoms with Crippen LogP contribution in [0.25, 0.3) is 22.3 Å². The fourth-order valence-electron chi connectivity index (χ4n) is 3.96. The molecule has 5 N–H and O–H groups in total. The molecule has 13 heteroatoms. The average Bonchev–Trinajstić information content (AvgIpc) is 3.30. The minimum absolute atomic E-state index is 0.168. The summed E-state index contributed by atoms with van der Waals surface area (Å²) < 4.78 is 56.5. The van der Waals surface area contributed by atoms with Crippen LogP contribution in [0.2, 0.25) is 0 Å². The van der Waals surface area contributed by atoms with Crippen LogP contribution < -0.4 is 16.8 Å². The first-order chi connectivity index (χ1) is 18.8. The number of nitrogens with one attached hydrogen (secondary N) is 1. The number of nitrogen functional groups attached to an aromatic ring is 1. The maximum atomic E-state index is 13.9. The second-order valence-corrected chi connectivity index (χ2v) is 9.59. The monoisotopic (exact) mass is 554 g/mol. The summed E-state index contributed by atoms with van der Waals surface area (Å²) in [6, 6.07) is 11.6. The van der Waals surface area contributed by atoms with E-state index in [0.717, 1.165) is 35.4 Å². The minimum Gasteiger partial charge on any atom is -0.404 e. The molecule has 4 rings (SSSR count). The molecule has 0 atom stereocenters. The molecule has 2 aromatic heterocycles. The molecule has 0 fully saturated rings. The normalized spacial score (nSPS) is 13.1. The summed E-state index contributed by atoms with van der Waals surface area (Å²) in [4.78, 5) is 24.9. The van der Waals surface area contributed by atoms with Gasteiger partial charge in [-0.3, -0.25) is 4.79 Å². The van der Waals surface area contributed by atoms with Gasteiger partial charge in [0.15, 0.2) is 11.4 Å². The van der Waals surface area contributed by atoms with Crippen molar-refractivity contribution in [2.75, 3.05) is 12.3 Å². The largest absolute Gasteiger partial charge is 0.434 e. The number of nitrogens with zero attached hydrogens (tertiary/aromatic N) is 5. The van der Waals surface area contributed by atoms with E-state index < -0.39 is 34.7 Å². The molecule has 2 aromatic carbocycles. The standard InChI is InChI=1S/C27H26F4N8O/c1-15-4-6-16(7-5-15)21-20-23(33)35-14-36-24(20)39(38-21)26(2,3)13-34-25(40)19(12-32)22(27(29,30)31)37-18-10-8-17(28)9-11-18/h4-12,14H,13,32H2,1-3H3,(H,34,40)(H2,33,35,36). The number of rotatable bonds is 7. The molecule has 1 amide bonds. The number of aliphatic imine (C=N–C) groups is 1. The lowest BCUT2D eigenvalue weighted by Gasteiger charge is -2.26. The molecule has 0 spiro atoms. The van der Waals surface area contributed by atoms with Crippen LogP contribution in [0.15, 0.2) is 71.6 Å². The number of hydrogen-bond donors (Lipinski definition) is 3. The van der Waals surface area contributed by atoms with Crippen LogP contribution in [-0.2, 0) is 10.3 Å². The maximum absolute atomic E-state index is 13.9. The summed E-state index contributed by atoms with van der Waals surface area (Å²) in [6.45, 7) is 5.22. The van der Waals surface area contributed by atoms with Crippen molar-refractivity contribution in [2.45, 2.75) is 32.5 Å². The number of carbonyl (C=O) groups is 1. The Bertz CT molecular complexity index is 1600. The molecule has 0 bridgehead atoms. The highest BCUT2D eigenvalue weighted by Gasteiger charge is 2.41. The van der Waals surface area contributed by atoms with Crippen LogP contribution in [-0.4, -0.2) is 44.1 Å². The summed E-state index contributed by atoms with van der Waals surface area (Å²) in [6.07, 6.45) is -3.22. The molecule has 4 aromatic rings. The van der Waals surface area contributed by atoms with E-state index in [9.17, 15) is 22.4 Å². The van der Waals surface area contributed by atoms with Crippen LogP contribution in [0.4, 0.5) is 29.1 Å². The topological polar surface area (TPSA) is 137 Å². The number of nitrogens with two attached hydrogens (primary N) is 2. The molecule has 9 nitrogen and oxygen atoms in total. The maximum Gasteiger partial charge on any atom is 0.434 e. The zero-order chi connectivity index (χ0) is 29.2. The van der Waals surface area contributed by atoms with Gasteiger partial charge in [0, 0.05) is 18.3 Å². The van der Waals surface area contributed by atoms with Gasteiger partial charge in [-0.15, -0.1) is 0 Å². The van der Waals surface area contributed by atoms with Gasteiger partial charge >= 0.3 is 6.18 Å². The zero-order valence-electron chi connectivity index (χ0n) is 21.8. The Kier molecular flexibility index (Phi) is 7.58. The highest BCUT2D eigenvalue weighted by molar-refractivity contribution is 6.24. The number of alkyl halides is 3. The third-order valence-electron chi connectivity index (χ3n) is 6.08. The fraction of sp³-hybridized carbons (Fsp3) is 0.222. The number of hydrogen-bond acceptors (Lipinski definition) is 7. The quantitative estimate of drug-likeness (QED) is 0.174. The van der Waals surface area contributed by atoms with Gasteiger partial charge in [0.1, 0.15) is 23.7 Å². The smallest absolute Gasteiger partial charge is 0.404 e. The Morgan fingerprint density at radius 3 is 2.33 bits per heavy atom. The van der Waals surface area contributed by atoms with E-state index in [1.807, 2.05) is 31.2 Å². The second kappa shape index (κ2) is 10.8. The zero-order valence-corrected chi connectivity index (χ0v) is 21.8. The Balaban J connectivity index is 1.66. The van der Waals surface area contributed by atoms with E-state index in [1.165, 1.54) is 6.33 Å². The van der Waals surface area contributed by atoms with Crippen molar-refractivity contribution in [3.05, 3.63) is 78.0 Å². The fourth-order valence-corrected chi connectivity index (χ4v) is 3.96. The summed E-state index contributed by atoms with van der Waals surface area (Å²) >= 11 is 0. The number of aryl methyl sites for hydroxylation is 1. The summed E-state index contributed by atoms with van der Waals surface area (Å²) in [5, 5.41) is 7.70. The van der Waals surface area contributed by atoms with Crippen LogP contribution >= 0.6 is 0 Å². The van der Waals surface area contributed by atoms with Gasteiger partial charge in [-0.2, -0.15) is 18.3 Å². The lowest BCUT2D eigenvalue weighted by Crippen LogP contribution is -2.44. The third-order valence-corrected chi connectivity index (χ3v) is 6.08. The van der Waals surface area contributed by atoms with Crippen LogP contribution in [0.3, 0.4) is 0 Å². The number of benzene rings is 2. The van der Waals surface area contributed by atoms with E-state index >= 15 is 0 Å². The Morgan fingerprint density at radius 2 is 1.73 bits per heavy atom. The highest BCUT2D eigenvalue weighted by Crippen LogP contribution is 2.33. The van der Waals surface area contributed by atoms with Crippen LogP contribution in [0, 0.1) is 12.7 Å². The lowest BCUT2D eigenvalue weighted by molar-refractivity contribution is -0.118. The predicted octanol–water partition coefficient (Wildman–Crippen LogP) is 4.55. The third kappa shape index (κ3) is 5.77. The molecule has 0 saturated heterocycles. The Morgan fingerprint density at radius 1 is 1.07 bits per heavy atom. The molecule has 0 aliphatic carbocycles. The van der Waals surface area contributed by atoms with Gasteiger partial charge in [0.2, 0.25) is 0 Å². The van der Waals surface area contributed by atoms with E-state index in [-0.39, 0.29) is 18.1 Å². The Hall–Kier alpha value is -4.81. The number of anilines is 1. The summed E-state index contributed by atoms with van der Waals surface area (Å²) in [5.41, 5.74) is 10.7. The number of carbonyl (C=O) groups excluding carboxylic acids is 1. The lowest BCUT2D eigenvalue weighted by atomic mass is 10.0.